The summed E-state index contributed by atoms with van der Waals surface area (Å²) in [6.07, 6.45) is 0.601. The van der Waals surface area contributed by atoms with Gasteiger partial charge in [-0.25, -0.2) is 18.1 Å². The van der Waals surface area contributed by atoms with E-state index >= 15 is 0 Å². The smallest absolute Gasteiger partial charge is 0.204 e. The molecule has 0 radical (unpaired) electrons. The van der Waals surface area contributed by atoms with Crippen molar-refractivity contribution < 1.29 is 8.42 Å². The molecular formula is C38H40N2O2S3. The molecule has 4 rings (SSSR count). The number of hydrogen-bond acceptors (Lipinski definition) is 4. The summed E-state index contributed by atoms with van der Waals surface area (Å²) in [6, 6.07) is 22.7. The molecule has 0 aromatic heterocycles. The minimum Gasteiger partial charge on any atom is -0.238 e. The van der Waals surface area contributed by atoms with E-state index in [0.717, 1.165) is 32.0 Å². The van der Waals surface area contributed by atoms with E-state index in [1.54, 1.807) is 47.8 Å². The topological polar surface area (TPSA) is 42.9 Å². The van der Waals surface area contributed by atoms with E-state index in [0.29, 0.717) is 35.3 Å². The van der Waals surface area contributed by atoms with Crippen LogP contribution in [0.15, 0.2) is 92.4 Å². The van der Waals surface area contributed by atoms with Gasteiger partial charge in [0.1, 0.15) is 0 Å². The second-order valence-corrected chi connectivity index (χ2v) is 18.8. The summed E-state index contributed by atoms with van der Waals surface area (Å²) in [6.45, 7) is 32.7. The molecule has 4 aromatic rings. The minimum atomic E-state index is -4.14. The molecular weight excluding hydrogens is 613 g/mol. The van der Waals surface area contributed by atoms with Gasteiger partial charge in [-0.2, -0.15) is 0 Å². The molecule has 0 spiro atoms. The molecule has 0 aliphatic carbocycles. The van der Waals surface area contributed by atoms with Gasteiger partial charge in [0.25, 0.3) is 0 Å². The number of hydrogen-bond donors (Lipinski definition) is 0. The van der Waals surface area contributed by atoms with Crippen LogP contribution in [0.2, 0.25) is 0 Å². The average Bonchev–Trinajstić information content (AvgIpc) is 2.94. The molecule has 0 saturated carbocycles. The van der Waals surface area contributed by atoms with Gasteiger partial charge in [0, 0.05) is 19.3 Å². The maximum absolute atomic E-state index is 14.8. The van der Waals surface area contributed by atoms with Crippen LogP contribution in [0.1, 0.15) is 74.9 Å². The Morgan fingerprint density at radius 2 is 0.956 bits per heavy atom. The summed E-state index contributed by atoms with van der Waals surface area (Å²) in [5.41, 5.74) is 5.12. The van der Waals surface area contributed by atoms with Crippen LogP contribution in [0, 0.1) is 27.0 Å². The van der Waals surface area contributed by atoms with Gasteiger partial charge in [0.2, 0.25) is 9.84 Å². The van der Waals surface area contributed by atoms with Gasteiger partial charge in [-0.1, -0.05) is 90.1 Å². The zero-order valence-corrected chi connectivity index (χ0v) is 29.7. The van der Waals surface area contributed by atoms with Crippen LogP contribution < -0.4 is 0 Å². The summed E-state index contributed by atoms with van der Waals surface area (Å²) in [5.74, 6) is 0. The van der Waals surface area contributed by atoms with Crippen LogP contribution in [0.5, 0.6) is 0 Å². The predicted molar refractivity (Wildman–Crippen MR) is 190 cm³/mol. The number of rotatable bonds is 8. The first-order chi connectivity index (χ1) is 21.1. The largest absolute Gasteiger partial charge is 0.238 e. The highest BCUT2D eigenvalue weighted by molar-refractivity contribution is 8.01. The van der Waals surface area contributed by atoms with Gasteiger partial charge in [0.15, 0.2) is 11.4 Å². The van der Waals surface area contributed by atoms with Crippen molar-refractivity contribution >= 4 is 44.7 Å². The first kappa shape index (κ1) is 34.4. The van der Waals surface area contributed by atoms with Gasteiger partial charge in [-0.3, -0.25) is 0 Å². The monoisotopic (exact) mass is 652 g/mol. The number of aryl methyl sites for hydroxylation is 2. The van der Waals surface area contributed by atoms with E-state index < -0.39 is 9.84 Å². The third kappa shape index (κ3) is 8.03. The van der Waals surface area contributed by atoms with Crippen LogP contribution >= 0.6 is 23.5 Å². The Hall–Kier alpha value is -3.49. The Morgan fingerprint density at radius 1 is 0.600 bits per heavy atom. The zero-order valence-electron chi connectivity index (χ0n) is 27.3. The molecule has 0 fully saturated rings. The lowest BCUT2D eigenvalue weighted by molar-refractivity contribution is 0.594. The van der Waals surface area contributed by atoms with Crippen LogP contribution in [-0.2, 0) is 22.7 Å². The van der Waals surface area contributed by atoms with Gasteiger partial charge < -0.3 is 0 Å². The van der Waals surface area contributed by atoms with E-state index in [9.17, 15) is 8.42 Å². The standard InChI is InChI=1S/C38H40N2O2S3/c1-25-19-21-33(29(35(25)39-9)23-27-15-11-13-17-31(27)43-37(3,4)5)45(41,42)34-22-20-26(2)36(40-10)30(34)24-28-16-12-14-18-32(28)44-38(6,7)8/h11-22H,23-24H2,1-8H3. The summed E-state index contributed by atoms with van der Waals surface area (Å²) >= 11 is 3.45. The third-order valence-corrected chi connectivity index (χ3v) is 11.6. The van der Waals surface area contributed by atoms with Crippen LogP contribution in [0.3, 0.4) is 0 Å². The molecule has 0 saturated heterocycles. The van der Waals surface area contributed by atoms with E-state index in [2.05, 4.69) is 63.4 Å². The maximum Gasteiger partial charge on any atom is 0.204 e. The Balaban J connectivity index is 1.95. The molecule has 4 nitrogen and oxygen atoms in total. The molecule has 0 amide bonds. The Bertz CT molecular complexity index is 1800. The van der Waals surface area contributed by atoms with Gasteiger partial charge in [-0.05, 0) is 84.3 Å². The average molecular weight is 653 g/mol. The SMILES string of the molecule is [C-]#[N+]c1c(C)ccc(S(=O)(=O)c2ccc(C)c([N+]#[C-])c2Cc2ccccc2SC(C)(C)C)c1Cc1ccccc1SC(C)(C)C. The highest BCUT2D eigenvalue weighted by Crippen LogP contribution is 2.43. The van der Waals surface area contributed by atoms with Gasteiger partial charge >= 0.3 is 0 Å². The quantitative estimate of drug-likeness (QED) is 0.140. The highest BCUT2D eigenvalue weighted by Gasteiger charge is 2.29. The number of thioether (sulfide) groups is 2. The van der Waals surface area contributed by atoms with Crippen molar-refractivity contribution in [3.05, 3.63) is 129 Å². The molecule has 0 N–H and O–H groups in total. The number of sulfone groups is 1. The normalized spacial score (nSPS) is 12.0. The van der Waals surface area contributed by atoms with Gasteiger partial charge in [0.05, 0.1) is 22.9 Å². The summed E-state index contributed by atoms with van der Waals surface area (Å²) in [7, 11) is -4.14. The first-order valence-electron chi connectivity index (χ1n) is 14.8. The molecule has 7 heteroatoms. The van der Waals surface area contributed by atoms with E-state index in [1.165, 1.54) is 0 Å². The highest BCUT2D eigenvalue weighted by atomic mass is 32.2. The third-order valence-electron chi connectivity index (χ3n) is 7.20. The fraction of sp³-hybridized carbons (Fsp3) is 0.316. The van der Waals surface area contributed by atoms with Crippen molar-refractivity contribution in [3.63, 3.8) is 0 Å². The van der Waals surface area contributed by atoms with Crippen molar-refractivity contribution in [2.75, 3.05) is 0 Å². The van der Waals surface area contributed by atoms with Crippen molar-refractivity contribution in [1.29, 1.82) is 0 Å². The van der Waals surface area contributed by atoms with Gasteiger partial charge in [-0.15, -0.1) is 23.5 Å². The molecule has 0 heterocycles. The van der Waals surface area contributed by atoms with Crippen molar-refractivity contribution in [2.45, 2.75) is 97.3 Å². The summed E-state index contributed by atoms with van der Waals surface area (Å²) in [5, 5.41) is 0. The Kier molecular flexibility index (Phi) is 10.3. The molecule has 232 valence electrons. The van der Waals surface area contributed by atoms with E-state index in [1.807, 2.05) is 50.2 Å². The summed E-state index contributed by atoms with van der Waals surface area (Å²) in [4.78, 5) is 10.1. The molecule has 0 atom stereocenters. The lowest BCUT2D eigenvalue weighted by Crippen LogP contribution is -2.12. The predicted octanol–water partition coefficient (Wildman–Crippen LogP) is 11.2. The van der Waals surface area contributed by atoms with E-state index in [4.69, 9.17) is 13.1 Å². The van der Waals surface area contributed by atoms with Crippen LogP contribution in [0.4, 0.5) is 11.4 Å². The van der Waals surface area contributed by atoms with Crippen molar-refractivity contribution in [1.82, 2.24) is 0 Å². The Labute approximate surface area is 278 Å². The van der Waals surface area contributed by atoms with Crippen molar-refractivity contribution in [2.24, 2.45) is 0 Å². The minimum absolute atomic E-state index is 0.0469. The van der Waals surface area contributed by atoms with Crippen LogP contribution in [-0.4, -0.2) is 17.9 Å². The first-order valence-corrected chi connectivity index (χ1v) is 18.0. The molecule has 4 aromatic carbocycles. The van der Waals surface area contributed by atoms with E-state index in [-0.39, 0.29) is 19.3 Å². The fourth-order valence-electron chi connectivity index (χ4n) is 5.28. The Morgan fingerprint density at radius 3 is 1.29 bits per heavy atom. The lowest BCUT2D eigenvalue weighted by Gasteiger charge is -2.22. The maximum atomic E-state index is 14.8. The second-order valence-electron chi connectivity index (χ2n) is 13.1. The lowest BCUT2D eigenvalue weighted by atomic mass is 10.00. The molecule has 0 aliphatic heterocycles. The number of benzene rings is 4. The zero-order chi connectivity index (χ0) is 33.2. The molecule has 0 unspecified atom stereocenters. The summed E-state index contributed by atoms with van der Waals surface area (Å²) < 4.78 is 29.6. The fourth-order valence-corrected chi connectivity index (χ4v) is 9.16. The molecule has 0 bridgehead atoms. The molecule has 0 aliphatic rings. The molecule has 45 heavy (non-hydrogen) atoms. The number of nitrogens with zero attached hydrogens (tertiary/aromatic N) is 2. The second kappa shape index (κ2) is 13.5. The van der Waals surface area contributed by atoms with Crippen LogP contribution in [0.25, 0.3) is 9.69 Å². The van der Waals surface area contributed by atoms with Crippen molar-refractivity contribution in [3.8, 4) is 0 Å².